The third-order valence-corrected chi connectivity index (χ3v) is 5.86. The Morgan fingerprint density at radius 2 is 1.78 bits per heavy atom. The molecule has 164 valence electrons. The molecule has 0 aliphatic carbocycles. The fourth-order valence-corrected chi connectivity index (χ4v) is 4.30. The van der Waals surface area contributed by atoms with Crippen molar-refractivity contribution in [1.29, 1.82) is 0 Å². The van der Waals surface area contributed by atoms with Crippen LogP contribution in [0.4, 0.5) is 17.1 Å². The lowest BCUT2D eigenvalue weighted by Crippen LogP contribution is -2.42. The third kappa shape index (κ3) is 4.56. The van der Waals surface area contributed by atoms with Crippen LogP contribution in [0.5, 0.6) is 0 Å². The average molecular weight is 431 g/mol. The first kappa shape index (κ1) is 21.4. The number of para-hydroxylation sites is 1. The van der Waals surface area contributed by atoms with E-state index in [1.54, 1.807) is 12.1 Å². The van der Waals surface area contributed by atoms with Crippen LogP contribution in [0.25, 0.3) is 0 Å². The predicted octanol–water partition coefficient (Wildman–Crippen LogP) is 4.98. The second-order valence-electron chi connectivity index (χ2n) is 8.15. The van der Waals surface area contributed by atoms with Crippen LogP contribution in [0.2, 0.25) is 0 Å². The van der Waals surface area contributed by atoms with Gasteiger partial charge in [-0.2, -0.15) is 0 Å². The molecule has 0 bridgehead atoms. The molecule has 0 saturated carbocycles. The van der Waals surface area contributed by atoms with Crippen molar-refractivity contribution in [3.05, 3.63) is 99.6 Å². The summed E-state index contributed by atoms with van der Waals surface area (Å²) in [5.41, 5.74) is 5.25. The number of nitro groups is 1. The second-order valence-corrected chi connectivity index (χ2v) is 8.15. The minimum atomic E-state index is -0.398. The highest BCUT2D eigenvalue weighted by atomic mass is 16.6. The van der Waals surface area contributed by atoms with E-state index < -0.39 is 4.92 Å². The number of nitro benzene ring substituents is 1. The maximum atomic E-state index is 11.8. The summed E-state index contributed by atoms with van der Waals surface area (Å²) in [5.74, 6) is -0.143. The summed E-state index contributed by atoms with van der Waals surface area (Å²) in [4.78, 5) is 22.5. The van der Waals surface area contributed by atoms with Crippen LogP contribution in [0.3, 0.4) is 0 Å². The molecule has 0 fully saturated rings. The zero-order valence-corrected chi connectivity index (χ0v) is 18.0. The Balaban J connectivity index is 1.78. The van der Waals surface area contributed by atoms with Gasteiger partial charge in [-0.15, -0.1) is 0 Å². The van der Waals surface area contributed by atoms with E-state index >= 15 is 0 Å². The molecule has 1 aliphatic heterocycles. The van der Waals surface area contributed by atoms with E-state index in [2.05, 4.69) is 41.1 Å². The minimum Gasteiger partial charge on any atom is -0.378 e. The minimum absolute atomic E-state index is 0.0464. The van der Waals surface area contributed by atoms with Crippen molar-refractivity contribution < 1.29 is 9.72 Å². The lowest BCUT2D eigenvalue weighted by atomic mass is 9.78. The van der Waals surface area contributed by atoms with E-state index in [1.165, 1.54) is 19.1 Å². The number of hydrogen-bond acceptors (Lipinski definition) is 5. The molecule has 3 aromatic rings. The Hall–Kier alpha value is -3.87. The van der Waals surface area contributed by atoms with Crippen molar-refractivity contribution >= 4 is 23.0 Å². The monoisotopic (exact) mass is 430 g/mol. The van der Waals surface area contributed by atoms with Gasteiger partial charge >= 0.3 is 0 Å². The van der Waals surface area contributed by atoms with Crippen LogP contribution in [0.15, 0.2) is 72.8 Å². The predicted molar refractivity (Wildman–Crippen MR) is 126 cm³/mol. The van der Waals surface area contributed by atoms with Crippen LogP contribution < -0.4 is 16.0 Å². The molecule has 1 amide bonds. The number of non-ortho nitro benzene ring substituents is 1. The summed E-state index contributed by atoms with van der Waals surface area (Å²) in [6.07, 6.45) is 0. The summed E-state index contributed by atoms with van der Waals surface area (Å²) in [6.45, 7) is 4.02. The topological polar surface area (TPSA) is 96.3 Å². The van der Waals surface area contributed by atoms with Crippen LogP contribution in [0, 0.1) is 23.0 Å². The summed E-state index contributed by atoms with van der Waals surface area (Å²) in [7, 11) is 0. The average Bonchev–Trinajstić information content (AvgIpc) is 2.79. The maximum absolute atomic E-state index is 11.8. The standard InChI is InChI=1S/C25H26N4O3/c1-16-8-13-23-21(14-16)25(27-19-6-4-3-5-7-19)22(15-26-17(2)30)24(28-23)18-9-11-20(12-10-18)29(31)32/h3-14,22,24-25,27-28H,15H2,1-2H3,(H,26,30)/t22-,24+,25-/m0/s1. The summed E-state index contributed by atoms with van der Waals surface area (Å²) in [6, 6.07) is 22.7. The van der Waals surface area contributed by atoms with Gasteiger partial charge in [-0.05, 0) is 36.2 Å². The van der Waals surface area contributed by atoms with Gasteiger partial charge in [0.05, 0.1) is 17.0 Å². The molecule has 1 aliphatic rings. The Bertz CT molecular complexity index is 1120. The van der Waals surface area contributed by atoms with Gasteiger partial charge in [0.1, 0.15) is 0 Å². The zero-order chi connectivity index (χ0) is 22.7. The summed E-state index contributed by atoms with van der Waals surface area (Å²) < 4.78 is 0. The molecule has 0 aromatic heterocycles. The van der Waals surface area contributed by atoms with Crippen LogP contribution in [-0.4, -0.2) is 17.4 Å². The van der Waals surface area contributed by atoms with Crippen LogP contribution >= 0.6 is 0 Å². The first-order valence-electron chi connectivity index (χ1n) is 10.6. The first-order valence-corrected chi connectivity index (χ1v) is 10.6. The number of benzene rings is 3. The van der Waals surface area contributed by atoms with Crippen molar-refractivity contribution in [1.82, 2.24) is 5.32 Å². The van der Waals surface area contributed by atoms with Crippen molar-refractivity contribution in [2.75, 3.05) is 17.2 Å². The molecular weight excluding hydrogens is 404 g/mol. The number of rotatable bonds is 6. The molecule has 0 spiro atoms. The third-order valence-electron chi connectivity index (χ3n) is 5.86. The van der Waals surface area contributed by atoms with Gasteiger partial charge in [0.25, 0.3) is 5.69 Å². The van der Waals surface area contributed by atoms with Crippen molar-refractivity contribution in [3.63, 3.8) is 0 Å². The van der Waals surface area contributed by atoms with Gasteiger partial charge in [0, 0.05) is 42.9 Å². The van der Waals surface area contributed by atoms with Crippen LogP contribution in [-0.2, 0) is 4.79 Å². The zero-order valence-electron chi connectivity index (χ0n) is 18.0. The lowest BCUT2D eigenvalue weighted by molar-refractivity contribution is -0.384. The second kappa shape index (κ2) is 9.09. The molecule has 32 heavy (non-hydrogen) atoms. The quantitative estimate of drug-likeness (QED) is 0.379. The van der Waals surface area contributed by atoms with Gasteiger partial charge < -0.3 is 16.0 Å². The van der Waals surface area contributed by atoms with Gasteiger partial charge in [-0.25, -0.2) is 0 Å². The summed E-state index contributed by atoms with van der Waals surface area (Å²) >= 11 is 0. The van der Waals surface area contributed by atoms with Gasteiger partial charge in [0.15, 0.2) is 0 Å². The number of nitrogens with zero attached hydrogens (tertiary/aromatic N) is 1. The summed E-state index contributed by atoms with van der Waals surface area (Å²) in [5, 5.41) is 21.4. The molecular formula is C25H26N4O3. The van der Waals surface area contributed by atoms with E-state index in [0.717, 1.165) is 28.1 Å². The molecule has 1 heterocycles. The number of carbonyl (C=O) groups is 1. The number of nitrogens with one attached hydrogen (secondary N) is 3. The van der Waals surface area contributed by atoms with E-state index in [-0.39, 0.29) is 29.6 Å². The smallest absolute Gasteiger partial charge is 0.269 e. The molecule has 7 nitrogen and oxygen atoms in total. The van der Waals surface area contributed by atoms with E-state index in [4.69, 9.17) is 0 Å². The molecule has 3 N–H and O–H groups in total. The normalized spacial score (nSPS) is 19.4. The fraction of sp³-hybridized carbons (Fsp3) is 0.240. The van der Waals surface area contributed by atoms with Crippen LogP contribution in [0.1, 0.15) is 35.7 Å². The van der Waals surface area contributed by atoms with Gasteiger partial charge in [-0.3, -0.25) is 14.9 Å². The van der Waals surface area contributed by atoms with Gasteiger partial charge in [0.2, 0.25) is 5.91 Å². The van der Waals surface area contributed by atoms with E-state index in [9.17, 15) is 14.9 Å². The molecule has 4 rings (SSSR count). The maximum Gasteiger partial charge on any atom is 0.269 e. The van der Waals surface area contributed by atoms with E-state index in [1.807, 2.05) is 30.3 Å². The lowest BCUT2D eigenvalue weighted by Gasteiger charge is -2.42. The first-order chi connectivity index (χ1) is 15.4. The highest BCUT2D eigenvalue weighted by Gasteiger charge is 2.37. The Morgan fingerprint density at radius 3 is 2.44 bits per heavy atom. The van der Waals surface area contributed by atoms with Crippen molar-refractivity contribution in [2.45, 2.75) is 25.9 Å². The van der Waals surface area contributed by atoms with Gasteiger partial charge in [-0.1, -0.05) is 48.0 Å². The Labute approximate surface area is 187 Å². The number of anilines is 2. The SMILES string of the molecule is CC(=O)NC[C@H]1[C@@H](c2ccc([N+](=O)[O-])cc2)Nc2ccc(C)cc2[C@@H]1Nc1ccccc1. The number of hydrogen-bond donors (Lipinski definition) is 3. The number of aryl methyl sites for hydroxylation is 1. The fourth-order valence-electron chi connectivity index (χ4n) is 4.30. The molecule has 0 saturated heterocycles. The Kier molecular flexibility index (Phi) is 6.07. The Morgan fingerprint density at radius 1 is 1.06 bits per heavy atom. The molecule has 0 unspecified atom stereocenters. The molecule has 7 heteroatoms. The molecule has 0 radical (unpaired) electrons. The van der Waals surface area contributed by atoms with Crippen molar-refractivity contribution in [3.8, 4) is 0 Å². The highest BCUT2D eigenvalue weighted by Crippen LogP contribution is 2.45. The highest BCUT2D eigenvalue weighted by molar-refractivity contribution is 5.73. The van der Waals surface area contributed by atoms with E-state index in [0.29, 0.717) is 6.54 Å². The van der Waals surface area contributed by atoms with Crippen molar-refractivity contribution in [2.24, 2.45) is 5.92 Å². The molecule has 3 atom stereocenters. The molecule has 3 aromatic carbocycles. The number of carbonyl (C=O) groups excluding carboxylic acids is 1. The number of amides is 1. The largest absolute Gasteiger partial charge is 0.378 e. The number of fused-ring (bicyclic) bond motifs is 1.